The lowest BCUT2D eigenvalue weighted by Crippen LogP contribution is -1.96. The average Bonchev–Trinajstić information content (AvgIpc) is 2.90. The van der Waals surface area contributed by atoms with Crippen molar-refractivity contribution in [3.05, 3.63) is 66.3 Å². The maximum atomic E-state index is 12.0. The lowest BCUT2D eigenvalue weighted by atomic mass is 10.3. The first-order valence-corrected chi connectivity index (χ1v) is 5.91. The highest BCUT2D eigenvalue weighted by Gasteiger charge is 2.07. The summed E-state index contributed by atoms with van der Waals surface area (Å²) in [6, 6.07) is 13.1. The number of nitrogens with zero attached hydrogens (tertiary/aromatic N) is 2. The third-order valence-corrected chi connectivity index (χ3v) is 2.72. The van der Waals surface area contributed by atoms with Crippen LogP contribution in [0, 0.1) is 0 Å². The Morgan fingerprint density at radius 3 is 2.74 bits per heavy atom. The van der Waals surface area contributed by atoms with Crippen molar-refractivity contribution in [2.45, 2.75) is 0 Å². The second-order valence-corrected chi connectivity index (χ2v) is 4.05. The van der Waals surface area contributed by atoms with Gasteiger partial charge in [0.2, 0.25) is 5.78 Å². The number of fused-ring (bicyclic) bond motifs is 1. The fourth-order valence-electron chi connectivity index (χ4n) is 1.78. The summed E-state index contributed by atoms with van der Waals surface area (Å²) in [5.41, 5.74) is 2.39. The number of aromatic amines is 1. The summed E-state index contributed by atoms with van der Waals surface area (Å²) >= 11 is 0. The first kappa shape index (κ1) is 11.3. The quantitative estimate of drug-likeness (QED) is 0.573. The minimum absolute atomic E-state index is 0.165. The van der Waals surface area contributed by atoms with Crippen LogP contribution in [-0.2, 0) is 0 Å². The zero-order valence-corrected chi connectivity index (χ0v) is 10.1. The molecule has 4 nitrogen and oxygen atoms in total. The Balaban J connectivity index is 1.86. The van der Waals surface area contributed by atoms with Crippen molar-refractivity contribution in [3.63, 3.8) is 0 Å². The van der Waals surface area contributed by atoms with Crippen LogP contribution in [0.5, 0.6) is 0 Å². The molecule has 2 aromatic heterocycles. The van der Waals surface area contributed by atoms with E-state index in [2.05, 4.69) is 15.0 Å². The Bertz CT molecular complexity index is 711. The number of carbonyl (C=O) groups excluding carboxylic acids is 1. The molecule has 3 aromatic rings. The van der Waals surface area contributed by atoms with Crippen LogP contribution in [-0.4, -0.2) is 20.7 Å². The highest BCUT2D eigenvalue weighted by atomic mass is 16.1. The zero-order chi connectivity index (χ0) is 13.1. The molecule has 0 bridgehead atoms. The molecule has 19 heavy (non-hydrogen) atoms. The minimum atomic E-state index is -0.165. The number of hydrogen-bond acceptors (Lipinski definition) is 3. The maximum Gasteiger partial charge on any atom is 0.221 e. The van der Waals surface area contributed by atoms with Crippen LogP contribution >= 0.6 is 0 Å². The number of aromatic nitrogens is 3. The van der Waals surface area contributed by atoms with Crippen molar-refractivity contribution in [3.8, 4) is 0 Å². The molecule has 0 fully saturated rings. The SMILES string of the molecule is O=C(/C=C/c1ccccn1)c1nc2ccccc2[nH]1. The Morgan fingerprint density at radius 1 is 1.11 bits per heavy atom. The van der Waals surface area contributed by atoms with Gasteiger partial charge >= 0.3 is 0 Å². The summed E-state index contributed by atoms with van der Waals surface area (Å²) in [4.78, 5) is 23.3. The van der Waals surface area contributed by atoms with Gasteiger partial charge in [0.1, 0.15) is 0 Å². The van der Waals surface area contributed by atoms with E-state index in [4.69, 9.17) is 0 Å². The molecule has 0 atom stereocenters. The number of pyridine rings is 1. The summed E-state index contributed by atoms with van der Waals surface area (Å²) in [6.07, 6.45) is 4.83. The molecule has 0 aliphatic heterocycles. The summed E-state index contributed by atoms with van der Waals surface area (Å²) in [5.74, 6) is 0.176. The summed E-state index contributed by atoms with van der Waals surface area (Å²) in [5, 5.41) is 0. The summed E-state index contributed by atoms with van der Waals surface area (Å²) in [7, 11) is 0. The van der Waals surface area contributed by atoms with E-state index in [-0.39, 0.29) is 5.78 Å². The molecule has 3 rings (SSSR count). The third kappa shape index (κ3) is 2.42. The van der Waals surface area contributed by atoms with E-state index in [1.807, 2.05) is 42.5 Å². The summed E-state index contributed by atoms with van der Waals surface area (Å²) in [6.45, 7) is 0. The van der Waals surface area contributed by atoms with Gasteiger partial charge in [-0.1, -0.05) is 18.2 Å². The van der Waals surface area contributed by atoms with Crippen molar-refractivity contribution in [1.29, 1.82) is 0 Å². The molecule has 92 valence electrons. The van der Waals surface area contributed by atoms with E-state index in [1.165, 1.54) is 6.08 Å². The number of rotatable bonds is 3. The Labute approximate surface area is 109 Å². The fourth-order valence-corrected chi connectivity index (χ4v) is 1.78. The summed E-state index contributed by atoms with van der Waals surface area (Å²) < 4.78 is 0. The Hall–Kier alpha value is -2.75. The molecule has 0 amide bonds. The molecule has 0 saturated carbocycles. The van der Waals surface area contributed by atoms with E-state index in [9.17, 15) is 4.79 Å². The van der Waals surface area contributed by atoms with Crippen LogP contribution in [0.25, 0.3) is 17.1 Å². The number of ketones is 1. The predicted molar refractivity (Wildman–Crippen MR) is 73.7 cm³/mol. The van der Waals surface area contributed by atoms with Gasteiger partial charge in [-0.15, -0.1) is 0 Å². The lowest BCUT2D eigenvalue weighted by molar-refractivity contribution is 0.103. The highest BCUT2D eigenvalue weighted by Crippen LogP contribution is 2.11. The van der Waals surface area contributed by atoms with Gasteiger partial charge < -0.3 is 4.98 Å². The number of benzene rings is 1. The molecule has 0 saturated heterocycles. The number of hydrogen-bond donors (Lipinski definition) is 1. The van der Waals surface area contributed by atoms with E-state index in [0.717, 1.165) is 16.7 Å². The first-order chi connectivity index (χ1) is 9.33. The van der Waals surface area contributed by atoms with Crippen molar-refractivity contribution in [2.24, 2.45) is 0 Å². The second kappa shape index (κ2) is 4.86. The average molecular weight is 249 g/mol. The van der Waals surface area contributed by atoms with Gasteiger partial charge in [0.05, 0.1) is 16.7 Å². The molecular weight excluding hydrogens is 238 g/mol. The van der Waals surface area contributed by atoms with Crippen LogP contribution in [0.3, 0.4) is 0 Å². The normalized spacial score (nSPS) is 11.2. The fraction of sp³-hybridized carbons (Fsp3) is 0. The van der Waals surface area contributed by atoms with E-state index < -0.39 is 0 Å². The number of allylic oxidation sites excluding steroid dienone is 1. The smallest absolute Gasteiger partial charge is 0.221 e. The predicted octanol–water partition coefficient (Wildman–Crippen LogP) is 2.85. The highest BCUT2D eigenvalue weighted by molar-refractivity contribution is 6.05. The topological polar surface area (TPSA) is 58.6 Å². The largest absolute Gasteiger partial charge is 0.335 e. The van der Waals surface area contributed by atoms with Crippen LogP contribution in [0.1, 0.15) is 16.3 Å². The second-order valence-electron chi connectivity index (χ2n) is 4.05. The minimum Gasteiger partial charge on any atom is -0.335 e. The van der Waals surface area contributed by atoms with Gasteiger partial charge in [-0.2, -0.15) is 0 Å². The van der Waals surface area contributed by atoms with Gasteiger partial charge in [-0.3, -0.25) is 9.78 Å². The molecular formula is C15H11N3O. The molecule has 0 aliphatic rings. The van der Waals surface area contributed by atoms with Gasteiger partial charge in [-0.25, -0.2) is 4.98 Å². The molecule has 0 unspecified atom stereocenters. The third-order valence-electron chi connectivity index (χ3n) is 2.72. The van der Waals surface area contributed by atoms with Crippen molar-refractivity contribution >= 4 is 22.9 Å². The van der Waals surface area contributed by atoms with Crippen LogP contribution in [0.4, 0.5) is 0 Å². The molecule has 0 radical (unpaired) electrons. The number of para-hydroxylation sites is 2. The van der Waals surface area contributed by atoms with Crippen LogP contribution in [0.15, 0.2) is 54.7 Å². The van der Waals surface area contributed by atoms with Gasteiger partial charge in [0, 0.05) is 6.20 Å². The zero-order valence-electron chi connectivity index (χ0n) is 10.1. The van der Waals surface area contributed by atoms with E-state index in [1.54, 1.807) is 12.3 Å². The Kier molecular flexibility index (Phi) is 2.90. The molecule has 4 heteroatoms. The van der Waals surface area contributed by atoms with Crippen LogP contribution < -0.4 is 0 Å². The molecule has 0 aliphatic carbocycles. The standard InChI is InChI=1S/C15H11N3O/c19-14(9-8-11-5-3-4-10-16-11)15-17-12-6-1-2-7-13(12)18-15/h1-10H,(H,17,18)/b9-8+. The Morgan fingerprint density at radius 2 is 1.95 bits per heavy atom. The van der Waals surface area contributed by atoms with Gasteiger partial charge in [-0.05, 0) is 36.4 Å². The van der Waals surface area contributed by atoms with Crippen molar-refractivity contribution < 1.29 is 4.79 Å². The number of H-pyrrole nitrogens is 1. The van der Waals surface area contributed by atoms with E-state index in [0.29, 0.717) is 5.82 Å². The molecule has 1 aromatic carbocycles. The first-order valence-electron chi connectivity index (χ1n) is 5.91. The monoisotopic (exact) mass is 249 g/mol. The molecule has 1 N–H and O–H groups in total. The maximum absolute atomic E-state index is 12.0. The number of carbonyl (C=O) groups is 1. The van der Waals surface area contributed by atoms with E-state index >= 15 is 0 Å². The van der Waals surface area contributed by atoms with Crippen LogP contribution in [0.2, 0.25) is 0 Å². The lowest BCUT2D eigenvalue weighted by Gasteiger charge is -1.90. The number of imidazole rings is 1. The number of nitrogens with one attached hydrogen (secondary N) is 1. The van der Waals surface area contributed by atoms with Gasteiger partial charge in [0.25, 0.3) is 0 Å². The van der Waals surface area contributed by atoms with Crippen molar-refractivity contribution in [2.75, 3.05) is 0 Å². The van der Waals surface area contributed by atoms with Gasteiger partial charge in [0.15, 0.2) is 5.82 Å². The van der Waals surface area contributed by atoms with Crippen molar-refractivity contribution in [1.82, 2.24) is 15.0 Å². The molecule has 0 spiro atoms. The molecule has 2 heterocycles.